The number of thiophene rings is 1. The maximum Gasteiger partial charge on any atom is 0.262 e. The Morgan fingerprint density at radius 3 is 2.00 bits per heavy atom. The minimum absolute atomic E-state index is 0.00489. The summed E-state index contributed by atoms with van der Waals surface area (Å²) in [5.74, 6) is -13.7. The number of primary amides is 1. The molecule has 0 atom stereocenters. The van der Waals surface area contributed by atoms with Gasteiger partial charge in [-0.05, 0) is 24.8 Å². The SMILES string of the molecule is NC(=O)c1c(NC(=O)c2c(F)c(F)c(F)c(F)c2F)sc2c1CCC2. The van der Waals surface area contributed by atoms with Gasteiger partial charge < -0.3 is 11.1 Å². The van der Waals surface area contributed by atoms with E-state index in [1.807, 2.05) is 5.32 Å². The van der Waals surface area contributed by atoms with E-state index in [1.54, 1.807) is 0 Å². The molecule has 0 radical (unpaired) electrons. The first kappa shape index (κ1) is 17.3. The van der Waals surface area contributed by atoms with E-state index in [2.05, 4.69) is 0 Å². The third kappa shape index (κ3) is 2.66. The van der Waals surface area contributed by atoms with Gasteiger partial charge in [0.25, 0.3) is 11.8 Å². The van der Waals surface area contributed by atoms with Crippen LogP contribution in [0.5, 0.6) is 0 Å². The van der Waals surface area contributed by atoms with Crippen LogP contribution in [0.3, 0.4) is 0 Å². The van der Waals surface area contributed by atoms with Crippen LogP contribution in [-0.2, 0) is 12.8 Å². The van der Waals surface area contributed by atoms with E-state index in [9.17, 15) is 31.5 Å². The largest absolute Gasteiger partial charge is 0.365 e. The van der Waals surface area contributed by atoms with E-state index in [0.29, 0.717) is 18.4 Å². The zero-order chi connectivity index (χ0) is 18.5. The number of hydrogen-bond donors (Lipinski definition) is 2. The fourth-order valence-electron chi connectivity index (χ4n) is 2.72. The van der Waals surface area contributed by atoms with Crippen molar-refractivity contribution in [1.82, 2.24) is 0 Å². The van der Waals surface area contributed by atoms with Crippen molar-refractivity contribution in [1.29, 1.82) is 0 Å². The van der Waals surface area contributed by atoms with Crippen molar-refractivity contribution >= 4 is 28.2 Å². The number of amides is 2. The fourth-order valence-corrected chi connectivity index (χ4v) is 4.01. The highest BCUT2D eigenvalue weighted by atomic mass is 32.1. The molecule has 10 heteroatoms. The average Bonchev–Trinajstić information content (AvgIpc) is 3.11. The molecule has 1 aromatic heterocycles. The van der Waals surface area contributed by atoms with Crippen molar-refractivity contribution in [3.63, 3.8) is 0 Å². The van der Waals surface area contributed by atoms with Crippen molar-refractivity contribution in [3.05, 3.63) is 50.7 Å². The molecule has 0 fully saturated rings. The van der Waals surface area contributed by atoms with Gasteiger partial charge in [0.15, 0.2) is 23.3 Å². The molecule has 2 aromatic rings. The third-order valence-electron chi connectivity index (χ3n) is 3.83. The number of hydrogen-bond acceptors (Lipinski definition) is 3. The summed E-state index contributed by atoms with van der Waals surface area (Å²) < 4.78 is 66.9. The molecule has 1 aromatic carbocycles. The normalized spacial score (nSPS) is 13.0. The lowest BCUT2D eigenvalue weighted by Crippen LogP contribution is -2.21. The number of carbonyl (C=O) groups is 2. The Morgan fingerprint density at radius 1 is 0.880 bits per heavy atom. The van der Waals surface area contributed by atoms with E-state index in [0.717, 1.165) is 22.6 Å². The highest BCUT2D eigenvalue weighted by molar-refractivity contribution is 7.17. The van der Waals surface area contributed by atoms with Crippen LogP contribution in [0.2, 0.25) is 0 Å². The van der Waals surface area contributed by atoms with Crippen molar-refractivity contribution in [2.45, 2.75) is 19.3 Å². The topological polar surface area (TPSA) is 72.2 Å². The van der Waals surface area contributed by atoms with Crippen LogP contribution in [0.1, 0.15) is 37.6 Å². The third-order valence-corrected chi connectivity index (χ3v) is 5.04. The Bertz CT molecular complexity index is 896. The highest BCUT2D eigenvalue weighted by Gasteiger charge is 2.32. The molecular formula is C15H9F5N2O2S. The van der Waals surface area contributed by atoms with Crippen molar-refractivity contribution < 1.29 is 31.5 Å². The molecule has 0 saturated carbocycles. The zero-order valence-electron chi connectivity index (χ0n) is 12.3. The molecule has 132 valence electrons. The molecule has 0 saturated heterocycles. The molecule has 0 aliphatic heterocycles. The van der Waals surface area contributed by atoms with E-state index in [4.69, 9.17) is 5.73 Å². The van der Waals surface area contributed by atoms with Crippen molar-refractivity contribution in [2.24, 2.45) is 5.73 Å². The summed E-state index contributed by atoms with van der Waals surface area (Å²) in [5.41, 5.74) is 4.27. The van der Waals surface area contributed by atoms with Gasteiger partial charge in [-0.3, -0.25) is 9.59 Å². The molecule has 1 aliphatic carbocycles. The molecule has 4 nitrogen and oxygen atoms in total. The second-order valence-electron chi connectivity index (χ2n) is 5.32. The van der Waals surface area contributed by atoms with Gasteiger partial charge >= 0.3 is 0 Å². The molecule has 25 heavy (non-hydrogen) atoms. The van der Waals surface area contributed by atoms with Crippen LogP contribution in [0.15, 0.2) is 0 Å². The monoisotopic (exact) mass is 376 g/mol. The van der Waals surface area contributed by atoms with Gasteiger partial charge in [-0.2, -0.15) is 0 Å². The quantitative estimate of drug-likeness (QED) is 0.490. The maximum atomic E-state index is 13.7. The minimum atomic E-state index is -2.36. The number of nitrogens with two attached hydrogens (primary N) is 1. The van der Waals surface area contributed by atoms with Crippen LogP contribution in [0, 0.1) is 29.1 Å². The molecular weight excluding hydrogens is 367 g/mol. The molecule has 3 rings (SSSR count). The molecule has 0 spiro atoms. The second-order valence-corrected chi connectivity index (χ2v) is 6.43. The molecule has 3 N–H and O–H groups in total. The minimum Gasteiger partial charge on any atom is -0.365 e. The zero-order valence-corrected chi connectivity index (χ0v) is 13.1. The predicted octanol–water partition coefficient (Wildman–Crippen LogP) is 3.28. The lowest BCUT2D eigenvalue weighted by Gasteiger charge is -2.09. The lowest BCUT2D eigenvalue weighted by molar-refractivity contribution is 0.100. The number of nitrogens with one attached hydrogen (secondary N) is 1. The summed E-state index contributed by atoms with van der Waals surface area (Å²) in [6.45, 7) is 0. The van der Waals surface area contributed by atoms with Gasteiger partial charge in [-0.25, -0.2) is 22.0 Å². The van der Waals surface area contributed by atoms with E-state index < -0.39 is 46.5 Å². The van der Waals surface area contributed by atoms with Crippen LogP contribution < -0.4 is 11.1 Å². The first-order valence-corrected chi connectivity index (χ1v) is 7.82. The summed E-state index contributed by atoms with van der Waals surface area (Å²) in [6, 6.07) is 0. The molecule has 0 unspecified atom stereocenters. The van der Waals surface area contributed by atoms with E-state index >= 15 is 0 Å². The first-order chi connectivity index (χ1) is 11.7. The number of halogens is 5. The average molecular weight is 376 g/mol. The van der Waals surface area contributed by atoms with E-state index in [-0.39, 0.29) is 10.6 Å². The van der Waals surface area contributed by atoms with Gasteiger partial charge in [0.2, 0.25) is 5.82 Å². The number of carbonyl (C=O) groups excluding carboxylic acids is 2. The predicted molar refractivity (Wildman–Crippen MR) is 79.0 cm³/mol. The Balaban J connectivity index is 2.04. The fraction of sp³-hybridized carbons (Fsp3) is 0.200. The first-order valence-electron chi connectivity index (χ1n) is 7.01. The summed E-state index contributed by atoms with van der Waals surface area (Å²) in [7, 11) is 0. The molecule has 1 aliphatic rings. The number of rotatable bonds is 3. The van der Waals surface area contributed by atoms with Crippen molar-refractivity contribution in [2.75, 3.05) is 5.32 Å². The van der Waals surface area contributed by atoms with Crippen molar-refractivity contribution in [3.8, 4) is 0 Å². The standard InChI is InChI=1S/C15H9F5N2O2S/c16-8-7(9(17)11(19)12(20)10(8)18)14(24)22-15-6(13(21)23)4-2-1-3-5(4)25-15/h1-3H2,(H2,21,23)(H,22,24). The summed E-state index contributed by atoms with van der Waals surface area (Å²) in [5, 5.41) is 1.96. The Labute approximate surface area is 141 Å². The van der Waals surface area contributed by atoms with Crippen LogP contribution in [-0.4, -0.2) is 11.8 Å². The number of anilines is 1. The Hall–Kier alpha value is -2.49. The summed E-state index contributed by atoms with van der Waals surface area (Å²) >= 11 is 0.984. The smallest absolute Gasteiger partial charge is 0.262 e. The molecule has 0 bridgehead atoms. The second kappa shape index (κ2) is 6.10. The number of benzene rings is 1. The van der Waals surface area contributed by atoms with Crippen LogP contribution >= 0.6 is 11.3 Å². The maximum absolute atomic E-state index is 13.7. The number of fused-ring (bicyclic) bond motifs is 1. The van der Waals surface area contributed by atoms with Gasteiger partial charge in [-0.15, -0.1) is 11.3 Å². The van der Waals surface area contributed by atoms with E-state index in [1.165, 1.54) is 0 Å². The Kier molecular flexibility index (Phi) is 4.23. The molecule has 2 amide bonds. The van der Waals surface area contributed by atoms with Gasteiger partial charge in [0.05, 0.1) is 5.56 Å². The van der Waals surface area contributed by atoms with Crippen LogP contribution in [0.25, 0.3) is 0 Å². The lowest BCUT2D eigenvalue weighted by atomic mass is 10.1. The number of aryl methyl sites for hydroxylation is 1. The van der Waals surface area contributed by atoms with Gasteiger partial charge in [0.1, 0.15) is 10.6 Å². The highest BCUT2D eigenvalue weighted by Crippen LogP contribution is 2.39. The van der Waals surface area contributed by atoms with Crippen LogP contribution in [0.4, 0.5) is 27.0 Å². The van der Waals surface area contributed by atoms with Gasteiger partial charge in [0, 0.05) is 4.88 Å². The molecule has 1 heterocycles. The van der Waals surface area contributed by atoms with Gasteiger partial charge in [-0.1, -0.05) is 0 Å². The summed E-state index contributed by atoms with van der Waals surface area (Å²) in [6.07, 6.45) is 1.97. The summed E-state index contributed by atoms with van der Waals surface area (Å²) in [4.78, 5) is 24.5. The Morgan fingerprint density at radius 2 is 1.44 bits per heavy atom.